The number of ketones is 1. The maximum atomic E-state index is 12.9. The molecule has 1 atom stereocenters. The minimum absolute atomic E-state index is 0.00543. The summed E-state index contributed by atoms with van der Waals surface area (Å²) in [5.41, 5.74) is 0.380. The molecule has 8 nitrogen and oxygen atoms in total. The van der Waals surface area contributed by atoms with Crippen LogP contribution in [0.15, 0.2) is 18.6 Å². The summed E-state index contributed by atoms with van der Waals surface area (Å²) >= 11 is 0. The summed E-state index contributed by atoms with van der Waals surface area (Å²) in [7, 11) is 1.82. The Hall–Kier alpha value is -2.51. The van der Waals surface area contributed by atoms with Gasteiger partial charge < -0.3 is 9.47 Å². The zero-order valence-corrected chi connectivity index (χ0v) is 15.8. The van der Waals surface area contributed by atoms with Crippen molar-refractivity contribution in [2.75, 3.05) is 13.1 Å². The number of aromatic nitrogens is 5. The molecular formula is C19H26N6O2. The van der Waals surface area contributed by atoms with Crippen LogP contribution >= 0.6 is 0 Å². The van der Waals surface area contributed by atoms with E-state index in [0.717, 1.165) is 25.7 Å². The molecule has 8 heteroatoms. The van der Waals surface area contributed by atoms with Gasteiger partial charge in [-0.2, -0.15) is 0 Å². The van der Waals surface area contributed by atoms with E-state index in [9.17, 15) is 9.59 Å². The van der Waals surface area contributed by atoms with Crippen LogP contribution in [-0.4, -0.2) is 54.2 Å². The van der Waals surface area contributed by atoms with Crippen LogP contribution in [0.2, 0.25) is 0 Å². The van der Waals surface area contributed by atoms with Gasteiger partial charge in [-0.3, -0.25) is 9.59 Å². The SMILES string of the molecule is Cn1ccnc1C(=O)[C@@H]1CCCN(C(=O)c2cn(C3CCCCC3)nn2)C1. The number of carbonyl (C=O) groups excluding carboxylic acids is 2. The molecule has 1 aliphatic heterocycles. The molecule has 0 N–H and O–H groups in total. The molecule has 0 spiro atoms. The quantitative estimate of drug-likeness (QED) is 0.771. The fourth-order valence-corrected chi connectivity index (χ4v) is 4.22. The summed E-state index contributed by atoms with van der Waals surface area (Å²) in [5.74, 6) is 0.120. The number of carbonyl (C=O) groups is 2. The number of aryl methyl sites for hydroxylation is 1. The summed E-state index contributed by atoms with van der Waals surface area (Å²) in [5, 5.41) is 8.32. The van der Waals surface area contributed by atoms with Crippen molar-refractivity contribution >= 4 is 11.7 Å². The van der Waals surface area contributed by atoms with E-state index in [1.165, 1.54) is 19.3 Å². The largest absolute Gasteiger partial charge is 0.336 e. The molecule has 1 saturated heterocycles. The molecule has 3 heterocycles. The number of piperidine rings is 1. The molecule has 2 aromatic heterocycles. The van der Waals surface area contributed by atoms with Gasteiger partial charge in [0, 0.05) is 38.4 Å². The number of imidazole rings is 1. The Bertz CT molecular complexity index is 820. The first-order valence-electron chi connectivity index (χ1n) is 9.86. The van der Waals surface area contributed by atoms with E-state index in [1.54, 1.807) is 28.1 Å². The van der Waals surface area contributed by atoms with Gasteiger partial charge in [-0.15, -0.1) is 5.10 Å². The molecule has 144 valence electrons. The molecular weight excluding hydrogens is 344 g/mol. The van der Waals surface area contributed by atoms with Gasteiger partial charge in [-0.05, 0) is 25.7 Å². The van der Waals surface area contributed by atoms with Crippen molar-refractivity contribution in [3.05, 3.63) is 30.1 Å². The highest BCUT2D eigenvalue weighted by Gasteiger charge is 2.32. The van der Waals surface area contributed by atoms with Gasteiger partial charge in [0.05, 0.1) is 12.2 Å². The molecule has 2 aromatic rings. The third-order valence-corrected chi connectivity index (χ3v) is 5.80. The zero-order valence-electron chi connectivity index (χ0n) is 15.8. The first-order valence-corrected chi connectivity index (χ1v) is 9.86. The maximum absolute atomic E-state index is 12.9. The summed E-state index contributed by atoms with van der Waals surface area (Å²) in [6.07, 6.45) is 12.6. The van der Waals surface area contributed by atoms with E-state index in [-0.39, 0.29) is 17.6 Å². The maximum Gasteiger partial charge on any atom is 0.276 e. The summed E-state index contributed by atoms with van der Waals surface area (Å²) in [6, 6.07) is 0.354. The van der Waals surface area contributed by atoms with E-state index in [4.69, 9.17) is 0 Å². The number of amides is 1. The van der Waals surface area contributed by atoms with E-state index < -0.39 is 0 Å². The number of rotatable bonds is 4. The predicted molar refractivity (Wildman–Crippen MR) is 98.3 cm³/mol. The molecule has 2 aliphatic rings. The Kier molecular flexibility index (Phi) is 5.05. The summed E-state index contributed by atoms with van der Waals surface area (Å²) < 4.78 is 3.59. The lowest BCUT2D eigenvalue weighted by Gasteiger charge is -2.31. The smallest absolute Gasteiger partial charge is 0.276 e. The van der Waals surface area contributed by atoms with Crippen LogP contribution in [0.25, 0.3) is 0 Å². The van der Waals surface area contributed by atoms with Crippen molar-refractivity contribution in [2.45, 2.75) is 51.0 Å². The highest BCUT2D eigenvalue weighted by molar-refractivity contribution is 5.96. The molecule has 2 fully saturated rings. The average Bonchev–Trinajstić information content (AvgIpc) is 3.37. The van der Waals surface area contributed by atoms with E-state index in [2.05, 4.69) is 15.3 Å². The molecule has 0 unspecified atom stereocenters. The molecule has 1 amide bonds. The lowest BCUT2D eigenvalue weighted by molar-refractivity contribution is 0.0628. The van der Waals surface area contributed by atoms with Crippen molar-refractivity contribution in [3.8, 4) is 0 Å². The third-order valence-electron chi connectivity index (χ3n) is 5.80. The molecule has 0 bridgehead atoms. The van der Waals surface area contributed by atoms with Crippen molar-refractivity contribution in [3.63, 3.8) is 0 Å². The molecule has 4 rings (SSSR count). The van der Waals surface area contributed by atoms with Crippen LogP contribution in [0, 0.1) is 5.92 Å². The van der Waals surface area contributed by atoms with E-state index >= 15 is 0 Å². The number of Topliss-reactive ketones (excluding diaryl/α,β-unsaturated/α-hetero) is 1. The first-order chi connectivity index (χ1) is 13.1. The lowest BCUT2D eigenvalue weighted by atomic mass is 9.93. The minimum atomic E-state index is -0.211. The first kappa shape index (κ1) is 17.9. The van der Waals surface area contributed by atoms with E-state index in [1.807, 2.05) is 11.7 Å². The standard InChI is InChI=1S/C19H26N6O2/c1-23-11-9-20-18(23)17(26)14-6-5-10-24(12-14)19(27)16-13-25(22-21-16)15-7-3-2-4-8-15/h9,11,13-15H,2-8,10,12H2,1H3/t14-/m1/s1. The van der Waals surface area contributed by atoms with Crippen molar-refractivity contribution < 1.29 is 9.59 Å². The van der Waals surface area contributed by atoms with E-state index in [0.29, 0.717) is 30.6 Å². The Labute approximate surface area is 158 Å². The van der Waals surface area contributed by atoms with Gasteiger partial charge in [-0.25, -0.2) is 9.67 Å². The van der Waals surface area contributed by atoms with Crippen molar-refractivity contribution in [1.82, 2.24) is 29.4 Å². The van der Waals surface area contributed by atoms with Gasteiger partial charge >= 0.3 is 0 Å². The Morgan fingerprint density at radius 3 is 2.67 bits per heavy atom. The Morgan fingerprint density at radius 2 is 1.93 bits per heavy atom. The van der Waals surface area contributed by atoms with Crippen LogP contribution in [0.3, 0.4) is 0 Å². The third kappa shape index (κ3) is 3.65. The van der Waals surface area contributed by atoms with Crippen LogP contribution in [-0.2, 0) is 7.05 Å². The fraction of sp³-hybridized carbons (Fsp3) is 0.632. The second-order valence-electron chi connectivity index (χ2n) is 7.69. The van der Waals surface area contributed by atoms with Gasteiger partial charge in [0.15, 0.2) is 11.5 Å². The van der Waals surface area contributed by atoms with Gasteiger partial charge in [-0.1, -0.05) is 24.5 Å². The van der Waals surface area contributed by atoms with Gasteiger partial charge in [0.2, 0.25) is 5.78 Å². The van der Waals surface area contributed by atoms with Crippen LogP contribution in [0.4, 0.5) is 0 Å². The highest BCUT2D eigenvalue weighted by Crippen LogP contribution is 2.27. The summed E-state index contributed by atoms with van der Waals surface area (Å²) in [4.78, 5) is 31.5. The van der Waals surface area contributed by atoms with Crippen LogP contribution < -0.4 is 0 Å². The topological polar surface area (TPSA) is 85.9 Å². The Balaban J connectivity index is 1.43. The second-order valence-corrected chi connectivity index (χ2v) is 7.69. The number of hydrogen-bond acceptors (Lipinski definition) is 5. The van der Waals surface area contributed by atoms with Gasteiger partial charge in [0.1, 0.15) is 0 Å². The van der Waals surface area contributed by atoms with Crippen molar-refractivity contribution in [1.29, 1.82) is 0 Å². The second kappa shape index (κ2) is 7.62. The molecule has 0 aromatic carbocycles. The fourth-order valence-electron chi connectivity index (χ4n) is 4.22. The zero-order chi connectivity index (χ0) is 18.8. The molecule has 1 saturated carbocycles. The molecule has 1 aliphatic carbocycles. The van der Waals surface area contributed by atoms with Gasteiger partial charge in [0.25, 0.3) is 5.91 Å². The number of nitrogens with zero attached hydrogens (tertiary/aromatic N) is 6. The monoisotopic (exact) mass is 370 g/mol. The highest BCUT2D eigenvalue weighted by atomic mass is 16.2. The molecule has 0 radical (unpaired) electrons. The minimum Gasteiger partial charge on any atom is -0.336 e. The van der Waals surface area contributed by atoms with Crippen LogP contribution in [0.1, 0.15) is 72.1 Å². The predicted octanol–water partition coefficient (Wildman–Crippen LogP) is 2.25. The number of likely N-dealkylation sites (tertiary alicyclic amines) is 1. The molecule has 27 heavy (non-hydrogen) atoms. The number of hydrogen-bond donors (Lipinski definition) is 0. The van der Waals surface area contributed by atoms with Crippen molar-refractivity contribution in [2.24, 2.45) is 13.0 Å². The van der Waals surface area contributed by atoms with Crippen LogP contribution in [0.5, 0.6) is 0 Å². The normalized spacial score (nSPS) is 21.4. The lowest BCUT2D eigenvalue weighted by Crippen LogP contribution is -2.42. The Morgan fingerprint density at radius 1 is 1.11 bits per heavy atom. The average molecular weight is 370 g/mol. The summed E-state index contributed by atoms with van der Waals surface area (Å²) in [6.45, 7) is 1.07.